The van der Waals surface area contributed by atoms with Crippen molar-refractivity contribution in [2.45, 2.75) is 26.4 Å². The summed E-state index contributed by atoms with van der Waals surface area (Å²) in [4.78, 5) is 23.2. The quantitative estimate of drug-likeness (QED) is 0.706. The summed E-state index contributed by atoms with van der Waals surface area (Å²) < 4.78 is 15.2. The number of para-hydroxylation sites is 1. The van der Waals surface area contributed by atoms with Crippen molar-refractivity contribution in [2.24, 2.45) is 0 Å². The van der Waals surface area contributed by atoms with Crippen LogP contribution in [0.4, 0.5) is 0 Å². The second kappa shape index (κ2) is 8.13. The molecule has 1 atom stereocenters. The van der Waals surface area contributed by atoms with Gasteiger partial charge < -0.3 is 14.2 Å². The van der Waals surface area contributed by atoms with Crippen LogP contribution >= 0.6 is 0 Å². The fourth-order valence-electron chi connectivity index (χ4n) is 1.44. The van der Waals surface area contributed by atoms with Gasteiger partial charge in [0.1, 0.15) is 5.75 Å². The Bertz CT molecular complexity index is 402. The Morgan fingerprint density at radius 3 is 2.26 bits per heavy atom. The van der Waals surface area contributed by atoms with Gasteiger partial charge in [-0.05, 0) is 26.0 Å². The number of benzene rings is 1. The SMILES string of the molecule is CCOC(=O)C[C@@H](Oc1ccccc1)C(=O)OCC. The first-order valence-electron chi connectivity index (χ1n) is 6.21. The largest absolute Gasteiger partial charge is 0.478 e. The molecule has 0 heterocycles. The number of hydrogen-bond donors (Lipinski definition) is 0. The van der Waals surface area contributed by atoms with Crippen LogP contribution < -0.4 is 4.74 Å². The fraction of sp³-hybridized carbons (Fsp3) is 0.429. The van der Waals surface area contributed by atoms with Gasteiger partial charge in [0.25, 0.3) is 0 Å². The highest BCUT2D eigenvalue weighted by Crippen LogP contribution is 2.14. The third-order valence-electron chi connectivity index (χ3n) is 2.23. The van der Waals surface area contributed by atoms with Gasteiger partial charge in [0.05, 0.1) is 19.6 Å². The van der Waals surface area contributed by atoms with E-state index in [2.05, 4.69) is 0 Å². The molecule has 1 aromatic carbocycles. The van der Waals surface area contributed by atoms with Crippen molar-refractivity contribution in [2.75, 3.05) is 13.2 Å². The van der Waals surface area contributed by atoms with Crippen molar-refractivity contribution in [3.05, 3.63) is 30.3 Å². The van der Waals surface area contributed by atoms with E-state index in [1.54, 1.807) is 38.1 Å². The third kappa shape index (κ3) is 5.42. The highest BCUT2D eigenvalue weighted by Gasteiger charge is 2.25. The van der Waals surface area contributed by atoms with Crippen LogP contribution in [0.5, 0.6) is 5.75 Å². The van der Waals surface area contributed by atoms with E-state index in [1.165, 1.54) is 0 Å². The highest BCUT2D eigenvalue weighted by atomic mass is 16.6. The third-order valence-corrected chi connectivity index (χ3v) is 2.23. The minimum atomic E-state index is -0.985. The second-order valence-electron chi connectivity index (χ2n) is 3.68. The Hall–Kier alpha value is -2.04. The first kappa shape index (κ1) is 15.0. The van der Waals surface area contributed by atoms with Crippen LogP contribution in [0, 0.1) is 0 Å². The maximum absolute atomic E-state index is 11.7. The van der Waals surface area contributed by atoms with Gasteiger partial charge in [0, 0.05) is 0 Å². The van der Waals surface area contributed by atoms with E-state index in [9.17, 15) is 9.59 Å². The van der Waals surface area contributed by atoms with Crippen molar-refractivity contribution in [1.29, 1.82) is 0 Å². The molecule has 0 saturated carbocycles. The van der Waals surface area contributed by atoms with E-state index in [4.69, 9.17) is 14.2 Å². The number of esters is 2. The topological polar surface area (TPSA) is 61.8 Å². The van der Waals surface area contributed by atoms with Gasteiger partial charge in [-0.1, -0.05) is 18.2 Å². The lowest BCUT2D eigenvalue weighted by atomic mass is 10.2. The zero-order chi connectivity index (χ0) is 14.1. The summed E-state index contributed by atoms with van der Waals surface area (Å²) in [6, 6.07) is 8.80. The maximum Gasteiger partial charge on any atom is 0.347 e. The lowest BCUT2D eigenvalue weighted by Gasteiger charge is -2.16. The van der Waals surface area contributed by atoms with Gasteiger partial charge in [-0.3, -0.25) is 4.79 Å². The van der Waals surface area contributed by atoms with Gasteiger partial charge in [-0.2, -0.15) is 0 Å². The fourth-order valence-corrected chi connectivity index (χ4v) is 1.44. The lowest BCUT2D eigenvalue weighted by Crippen LogP contribution is -2.32. The molecular weight excluding hydrogens is 248 g/mol. The number of carbonyl (C=O) groups is 2. The molecule has 0 amide bonds. The van der Waals surface area contributed by atoms with Gasteiger partial charge in [-0.15, -0.1) is 0 Å². The maximum atomic E-state index is 11.7. The molecular formula is C14H18O5. The number of hydrogen-bond acceptors (Lipinski definition) is 5. The molecule has 0 radical (unpaired) electrons. The van der Waals surface area contributed by atoms with Crippen LogP contribution in [-0.4, -0.2) is 31.3 Å². The number of ether oxygens (including phenoxy) is 3. The molecule has 0 aliphatic heterocycles. The van der Waals surface area contributed by atoms with E-state index in [1.807, 2.05) is 6.07 Å². The van der Waals surface area contributed by atoms with Crippen LogP contribution in [0.15, 0.2) is 30.3 Å². The van der Waals surface area contributed by atoms with Gasteiger partial charge in [0.15, 0.2) is 0 Å². The first-order chi connectivity index (χ1) is 9.17. The molecule has 0 fully saturated rings. The normalized spacial score (nSPS) is 11.5. The van der Waals surface area contributed by atoms with Crippen LogP contribution in [0.3, 0.4) is 0 Å². The molecule has 0 bridgehead atoms. The molecule has 0 aliphatic carbocycles. The van der Waals surface area contributed by atoms with Crippen molar-refractivity contribution in [3.63, 3.8) is 0 Å². The average molecular weight is 266 g/mol. The Labute approximate surface area is 112 Å². The minimum Gasteiger partial charge on any atom is -0.478 e. The molecule has 0 spiro atoms. The standard InChI is InChI=1S/C14H18O5/c1-3-17-13(15)10-12(14(16)18-4-2)19-11-8-6-5-7-9-11/h5-9,12H,3-4,10H2,1-2H3/t12-/m1/s1. The number of rotatable bonds is 7. The summed E-state index contributed by atoms with van der Waals surface area (Å²) in [5.41, 5.74) is 0. The predicted molar refractivity (Wildman–Crippen MR) is 68.7 cm³/mol. The zero-order valence-corrected chi connectivity index (χ0v) is 11.1. The van der Waals surface area contributed by atoms with Crippen molar-refractivity contribution >= 4 is 11.9 Å². The Morgan fingerprint density at radius 1 is 1.05 bits per heavy atom. The van der Waals surface area contributed by atoms with Gasteiger partial charge in [0.2, 0.25) is 6.10 Å². The Morgan fingerprint density at radius 2 is 1.68 bits per heavy atom. The average Bonchev–Trinajstić information content (AvgIpc) is 2.40. The summed E-state index contributed by atoms with van der Waals surface area (Å²) in [5, 5.41) is 0. The molecule has 5 nitrogen and oxygen atoms in total. The molecule has 0 saturated heterocycles. The van der Waals surface area contributed by atoms with Crippen LogP contribution in [0.25, 0.3) is 0 Å². The lowest BCUT2D eigenvalue weighted by molar-refractivity contribution is -0.158. The van der Waals surface area contributed by atoms with Crippen molar-refractivity contribution in [3.8, 4) is 5.75 Å². The highest BCUT2D eigenvalue weighted by molar-refractivity contribution is 5.82. The molecule has 1 aromatic rings. The minimum absolute atomic E-state index is 0.165. The van der Waals surface area contributed by atoms with E-state index >= 15 is 0 Å². The van der Waals surface area contributed by atoms with Crippen molar-refractivity contribution in [1.82, 2.24) is 0 Å². The molecule has 0 aliphatic rings. The van der Waals surface area contributed by atoms with Crippen molar-refractivity contribution < 1.29 is 23.8 Å². The molecule has 5 heteroatoms. The molecule has 0 unspecified atom stereocenters. The Kier molecular flexibility index (Phi) is 6.43. The van der Waals surface area contributed by atoms with E-state index in [0.29, 0.717) is 5.75 Å². The summed E-state index contributed by atoms with van der Waals surface area (Å²) in [7, 11) is 0. The monoisotopic (exact) mass is 266 g/mol. The number of carbonyl (C=O) groups excluding carboxylic acids is 2. The Balaban J connectivity index is 2.69. The van der Waals surface area contributed by atoms with E-state index in [0.717, 1.165) is 0 Å². The van der Waals surface area contributed by atoms with Crippen LogP contribution in [0.1, 0.15) is 20.3 Å². The molecule has 104 valence electrons. The molecule has 1 rings (SSSR count). The predicted octanol–water partition coefficient (Wildman–Crippen LogP) is 1.95. The first-order valence-corrected chi connectivity index (χ1v) is 6.21. The summed E-state index contributed by atoms with van der Waals surface area (Å²) in [5.74, 6) is -0.555. The van der Waals surface area contributed by atoms with Gasteiger partial charge >= 0.3 is 11.9 Å². The van der Waals surface area contributed by atoms with Crippen LogP contribution in [0.2, 0.25) is 0 Å². The van der Waals surface area contributed by atoms with Gasteiger partial charge in [-0.25, -0.2) is 4.79 Å². The smallest absolute Gasteiger partial charge is 0.347 e. The summed E-state index contributed by atoms with van der Waals surface area (Å²) in [6.45, 7) is 3.90. The zero-order valence-electron chi connectivity index (χ0n) is 11.1. The summed E-state index contributed by atoms with van der Waals surface area (Å²) in [6.07, 6.45) is -1.15. The second-order valence-corrected chi connectivity index (χ2v) is 3.68. The summed E-state index contributed by atoms with van der Waals surface area (Å²) >= 11 is 0. The molecule has 19 heavy (non-hydrogen) atoms. The van der Waals surface area contributed by atoms with E-state index < -0.39 is 18.0 Å². The van der Waals surface area contributed by atoms with Crippen LogP contribution in [-0.2, 0) is 19.1 Å². The molecule has 0 N–H and O–H groups in total. The molecule has 0 aromatic heterocycles. The van der Waals surface area contributed by atoms with E-state index in [-0.39, 0.29) is 19.6 Å².